The molecular weight excluding hydrogens is 275 g/mol. The zero-order chi connectivity index (χ0) is 14.0. The lowest BCUT2D eigenvalue weighted by molar-refractivity contribution is 0.102. The van der Waals surface area contributed by atoms with Gasteiger partial charge in [0.2, 0.25) is 0 Å². The fourth-order valence-corrected chi connectivity index (χ4v) is 1.66. The van der Waals surface area contributed by atoms with E-state index in [1.54, 1.807) is 0 Å². The molecule has 98 valence electrons. The van der Waals surface area contributed by atoms with Crippen molar-refractivity contribution in [3.8, 4) is 0 Å². The summed E-state index contributed by atoms with van der Waals surface area (Å²) in [5.74, 6) is -2.69. The number of anilines is 1. The zero-order valence-electron chi connectivity index (χ0n) is 9.45. The van der Waals surface area contributed by atoms with E-state index in [0.717, 1.165) is 24.3 Å². The second-order valence-corrected chi connectivity index (χ2v) is 4.23. The van der Waals surface area contributed by atoms with Gasteiger partial charge in [-0.1, -0.05) is 0 Å². The Kier molecular flexibility index (Phi) is 3.80. The van der Waals surface area contributed by atoms with Gasteiger partial charge in [-0.25, -0.2) is 13.2 Å². The van der Waals surface area contributed by atoms with Gasteiger partial charge in [-0.3, -0.25) is 4.79 Å². The number of hydrogen-bond acceptors (Lipinski definition) is 2. The fraction of sp³-hybridized carbons (Fsp3) is 0. The highest BCUT2D eigenvalue weighted by Gasteiger charge is 2.11. The summed E-state index contributed by atoms with van der Waals surface area (Å²) in [6.07, 6.45) is 0. The molecule has 0 aliphatic carbocycles. The molecule has 1 N–H and O–H groups in total. The Balaban J connectivity index is 2.25. The molecule has 0 aromatic heterocycles. The summed E-state index contributed by atoms with van der Waals surface area (Å²) < 4.78 is 39.3. The average molecular weight is 283 g/mol. The monoisotopic (exact) mass is 283 g/mol. The first-order valence-electron chi connectivity index (χ1n) is 5.22. The van der Waals surface area contributed by atoms with Gasteiger partial charge in [0.25, 0.3) is 5.91 Å². The Hall–Kier alpha value is -1.95. The lowest BCUT2D eigenvalue weighted by Crippen LogP contribution is -2.13. The molecule has 6 heteroatoms. The molecule has 0 atom stereocenters. The third-order valence-electron chi connectivity index (χ3n) is 2.38. The van der Waals surface area contributed by atoms with Crippen molar-refractivity contribution in [3.63, 3.8) is 0 Å². The van der Waals surface area contributed by atoms with Gasteiger partial charge >= 0.3 is 0 Å². The Morgan fingerprint density at radius 2 is 1.68 bits per heavy atom. The van der Waals surface area contributed by atoms with E-state index in [0.29, 0.717) is 0 Å². The van der Waals surface area contributed by atoms with Crippen molar-refractivity contribution >= 4 is 24.2 Å². The van der Waals surface area contributed by atoms with Gasteiger partial charge in [0.05, 0.1) is 5.69 Å². The van der Waals surface area contributed by atoms with Crippen molar-refractivity contribution in [2.75, 3.05) is 5.32 Å². The average Bonchev–Trinajstić information content (AvgIpc) is 2.37. The first-order valence-corrected chi connectivity index (χ1v) is 5.67. The van der Waals surface area contributed by atoms with Crippen LogP contribution in [-0.2, 0) is 0 Å². The highest BCUT2D eigenvalue weighted by atomic mass is 32.1. The van der Waals surface area contributed by atoms with Crippen LogP contribution in [0.3, 0.4) is 0 Å². The predicted octanol–water partition coefficient (Wildman–Crippen LogP) is 3.64. The first-order chi connectivity index (χ1) is 8.97. The Morgan fingerprint density at radius 1 is 1.00 bits per heavy atom. The van der Waals surface area contributed by atoms with Crippen molar-refractivity contribution in [2.45, 2.75) is 4.90 Å². The van der Waals surface area contributed by atoms with Crippen molar-refractivity contribution < 1.29 is 18.0 Å². The second kappa shape index (κ2) is 5.36. The van der Waals surface area contributed by atoms with Crippen molar-refractivity contribution in [2.24, 2.45) is 0 Å². The highest BCUT2D eigenvalue weighted by Crippen LogP contribution is 2.18. The summed E-state index contributed by atoms with van der Waals surface area (Å²) in [7, 11) is 0. The van der Waals surface area contributed by atoms with Crippen LogP contribution in [0, 0.1) is 17.5 Å². The maximum Gasteiger partial charge on any atom is 0.255 e. The number of nitrogens with one attached hydrogen (secondary N) is 1. The summed E-state index contributed by atoms with van der Waals surface area (Å²) >= 11 is 3.84. The lowest BCUT2D eigenvalue weighted by Gasteiger charge is -2.07. The number of carbonyl (C=O) groups excluding carboxylic acids is 1. The quantitative estimate of drug-likeness (QED) is 0.809. The van der Waals surface area contributed by atoms with E-state index in [2.05, 4.69) is 17.9 Å². The molecule has 0 fully saturated rings. The summed E-state index contributed by atoms with van der Waals surface area (Å²) in [4.78, 5) is 11.8. The molecule has 0 aliphatic heterocycles. The van der Waals surface area contributed by atoms with Gasteiger partial charge < -0.3 is 5.32 Å². The minimum absolute atomic E-state index is 0.00707. The van der Waals surface area contributed by atoms with Crippen LogP contribution in [0.2, 0.25) is 0 Å². The summed E-state index contributed by atoms with van der Waals surface area (Å²) in [6, 6.07) is 6.19. The van der Waals surface area contributed by atoms with Crippen LogP contribution in [0.25, 0.3) is 0 Å². The van der Waals surface area contributed by atoms with Crippen LogP contribution in [-0.4, -0.2) is 5.91 Å². The van der Waals surface area contributed by atoms with Crippen LogP contribution in [0.4, 0.5) is 18.9 Å². The molecular formula is C13H8F3NOS. The van der Waals surface area contributed by atoms with Gasteiger partial charge in [-0.2, -0.15) is 0 Å². The summed E-state index contributed by atoms with van der Waals surface area (Å²) in [5.41, 5.74) is -0.190. The Labute approximate surface area is 112 Å². The highest BCUT2D eigenvalue weighted by molar-refractivity contribution is 7.80. The molecule has 1 amide bonds. The molecule has 2 aromatic rings. The van der Waals surface area contributed by atoms with Gasteiger partial charge in [0, 0.05) is 16.5 Å². The smallest absolute Gasteiger partial charge is 0.255 e. The molecule has 0 aliphatic rings. The normalized spacial score (nSPS) is 10.3. The van der Waals surface area contributed by atoms with Crippen molar-refractivity contribution in [1.82, 2.24) is 0 Å². The van der Waals surface area contributed by atoms with Crippen molar-refractivity contribution in [1.29, 1.82) is 0 Å². The maximum atomic E-state index is 13.3. The van der Waals surface area contributed by atoms with E-state index >= 15 is 0 Å². The third kappa shape index (κ3) is 3.08. The summed E-state index contributed by atoms with van der Waals surface area (Å²) in [5, 5.41) is 2.20. The van der Waals surface area contributed by atoms with E-state index in [-0.39, 0.29) is 16.1 Å². The van der Waals surface area contributed by atoms with Gasteiger partial charge in [-0.05, 0) is 30.3 Å². The molecule has 0 unspecified atom stereocenters. The Bertz CT molecular complexity index is 646. The van der Waals surface area contributed by atoms with Crippen LogP contribution >= 0.6 is 12.6 Å². The minimum atomic E-state index is -0.761. The third-order valence-corrected chi connectivity index (χ3v) is 2.73. The van der Waals surface area contributed by atoms with E-state index in [1.165, 1.54) is 12.1 Å². The number of halogens is 3. The molecule has 2 rings (SSSR count). The number of thiol groups is 1. The Morgan fingerprint density at radius 3 is 2.37 bits per heavy atom. The van der Waals surface area contributed by atoms with Crippen molar-refractivity contribution in [3.05, 3.63) is 59.4 Å². The first kappa shape index (κ1) is 13.5. The molecule has 0 saturated heterocycles. The molecule has 2 aromatic carbocycles. The molecule has 19 heavy (non-hydrogen) atoms. The molecule has 2 nitrogen and oxygen atoms in total. The molecule has 0 heterocycles. The van der Waals surface area contributed by atoms with Crippen LogP contribution < -0.4 is 5.32 Å². The number of amides is 1. The molecule has 0 bridgehead atoms. The maximum absolute atomic E-state index is 13.3. The topological polar surface area (TPSA) is 29.1 Å². The number of carbonyl (C=O) groups is 1. The fourth-order valence-electron chi connectivity index (χ4n) is 1.44. The van der Waals surface area contributed by atoms with E-state index in [1.807, 2.05) is 0 Å². The SMILES string of the molecule is O=C(Nc1cc(F)ccc1F)c1ccc(F)c(S)c1. The van der Waals surface area contributed by atoms with Crippen LogP contribution in [0.1, 0.15) is 10.4 Å². The molecule has 0 spiro atoms. The molecule has 0 saturated carbocycles. The van der Waals surface area contributed by atoms with E-state index < -0.39 is 23.4 Å². The molecule has 0 radical (unpaired) electrons. The standard InChI is InChI=1S/C13H8F3NOS/c14-8-2-4-9(15)11(6-8)17-13(18)7-1-3-10(16)12(19)5-7/h1-6,19H,(H,17,18). The van der Waals surface area contributed by atoms with Gasteiger partial charge in [-0.15, -0.1) is 12.6 Å². The van der Waals surface area contributed by atoms with Crippen LogP contribution in [0.15, 0.2) is 41.3 Å². The van der Waals surface area contributed by atoms with Gasteiger partial charge in [0.1, 0.15) is 17.5 Å². The number of rotatable bonds is 2. The summed E-state index contributed by atoms with van der Waals surface area (Å²) in [6.45, 7) is 0. The number of benzene rings is 2. The predicted molar refractivity (Wildman–Crippen MR) is 68.0 cm³/mol. The largest absolute Gasteiger partial charge is 0.319 e. The van der Waals surface area contributed by atoms with E-state index in [4.69, 9.17) is 0 Å². The second-order valence-electron chi connectivity index (χ2n) is 3.74. The zero-order valence-corrected chi connectivity index (χ0v) is 10.3. The van der Waals surface area contributed by atoms with E-state index in [9.17, 15) is 18.0 Å². The van der Waals surface area contributed by atoms with Gasteiger partial charge in [0.15, 0.2) is 0 Å². The minimum Gasteiger partial charge on any atom is -0.319 e. The lowest BCUT2D eigenvalue weighted by atomic mass is 10.2. The van der Waals surface area contributed by atoms with Crippen LogP contribution in [0.5, 0.6) is 0 Å². The number of hydrogen-bond donors (Lipinski definition) is 2.